The Morgan fingerprint density at radius 2 is 2.10 bits per heavy atom. The van der Waals surface area contributed by atoms with Crippen LogP contribution in [-0.4, -0.2) is 42.7 Å². The predicted molar refractivity (Wildman–Crippen MR) is 86.9 cm³/mol. The number of hydrogen-bond donors (Lipinski definition) is 1. The van der Waals surface area contributed by atoms with E-state index in [1.165, 1.54) is 5.01 Å². The van der Waals surface area contributed by atoms with Gasteiger partial charge in [-0.3, -0.25) is 4.90 Å². The maximum absolute atomic E-state index is 5.70. The molecule has 0 amide bonds. The van der Waals surface area contributed by atoms with E-state index < -0.39 is 0 Å². The summed E-state index contributed by atoms with van der Waals surface area (Å²) in [6.45, 7) is 7.98. The molecule has 1 aromatic heterocycles. The summed E-state index contributed by atoms with van der Waals surface area (Å²) >= 11 is 1.74. The average molecular weight is 303 g/mol. The van der Waals surface area contributed by atoms with Gasteiger partial charge in [-0.1, -0.05) is 12.1 Å². The van der Waals surface area contributed by atoms with Crippen molar-refractivity contribution in [3.63, 3.8) is 0 Å². The quantitative estimate of drug-likeness (QED) is 0.921. The van der Waals surface area contributed by atoms with Gasteiger partial charge >= 0.3 is 0 Å². The maximum atomic E-state index is 5.70. The first-order valence-electron chi connectivity index (χ1n) is 7.46. The summed E-state index contributed by atoms with van der Waals surface area (Å²) in [5.41, 5.74) is 2.11. The monoisotopic (exact) mass is 303 g/mol. The van der Waals surface area contributed by atoms with Crippen molar-refractivity contribution in [1.29, 1.82) is 0 Å². The Kier molecular flexibility index (Phi) is 4.85. The van der Waals surface area contributed by atoms with Crippen LogP contribution in [0.25, 0.3) is 11.3 Å². The maximum Gasteiger partial charge on any atom is 0.128 e. The Balaban J connectivity index is 1.75. The summed E-state index contributed by atoms with van der Waals surface area (Å²) < 4.78 is 5.70. The van der Waals surface area contributed by atoms with Gasteiger partial charge in [-0.2, -0.15) is 0 Å². The van der Waals surface area contributed by atoms with E-state index in [1.54, 1.807) is 11.3 Å². The van der Waals surface area contributed by atoms with E-state index in [2.05, 4.69) is 21.7 Å². The molecule has 0 spiro atoms. The minimum atomic E-state index is 0.675. The van der Waals surface area contributed by atoms with Crippen LogP contribution in [0.2, 0.25) is 0 Å². The Morgan fingerprint density at radius 1 is 1.29 bits per heavy atom. The first-order chi connectivity index (χ1) is 10.4. The molecule has 2 aromatic rings. The second kappa shape index (κ2) is 7.02. The van der Waals surface area contributed by atoms with Gasteiger partial charge in [0.15, 0.2) is 0 Å². The number of ether oxygens (including phenoxy) is 1. The number of aromatic nitrogens is 1. The molecule has 0 saturated carbocycles. The molecule has 1 saturated heterocycles. The van der Waals surface area contributed by atoms with Crippen LogP contribution >= 0.6 is 11.3 Å². The summed E-state index contributed by atoms with van der Waals surface area (Å²) in [6, 6.07) is 8.12. The number of rotatable bonds is 5. The highest BCUT2D eigenvalue weighted by Crippen LogP contribution is 2.31. The molecule has 1 aromatic carbocycles. The Hall–Kier alpha value is -1.43. The van der Waals surface area contributed by atoms with E-state index in [0.29, 0.717) is 6.61 Å². The molecule has 0 bridgehead atoms. The number of piperazine rings is 1. The Morgan fingerprint density at radius 3 is 2.90 bits per heavy atom. The van der Waals surface area contributed by atoms with E-state index in [1.807, 2.05) is 25.1 Å². The third-order valence-electron chi connectivity index (χ3n) is 3.58. The molecule has 21 heavy (non-hydrogen) atoms. The molecule has 4 nitrogen and oxygen atoms in total. The summed E-state index contributed by atoms with van der Waals surface area (Å²) in [4.78, 5) is 7.25. The third kappa shape index (κ3) is 3.61. The minimum Gasteiger partial charge on any atom is -0.493 e. The van der Waals surface area contributed by atoms with E-state index in [-0.39, 0.29) is 0 Å². The van der Waals surface area contributed by atoms with Crippen LogP contribution in [0.1, 0.15) is 11.9 Å². The van der Waals surface area contributed by atoms with Crippen molar-refractivity contribution in [1.82, 2.24) is 15.2 Å². The highest BCUT2D eigenvalue weighted by Gasteiger charge is 2.14. The SMILES string of the molecule is CCOc1ccccc1-c1csc(CN2CCNCC2)n1. The van der Waals surface area contributed by atoms with Crippen molar-refractivity contribution in [2.75, 3.05) is 32.8 Å². The summed E-state index contributed by atoms with van der Waals surface area (Å²) in [7, 11) is 0. The Labute approximate surface area is 129 Å². The van der Waals surface area contributed by atoms with Gasteiger partial charge in [0.05, 0.1) is 18.8 Å². The molecule has 0 unspecified atom stereocenters. The molecule has 3 rings (SSSR count). The summed E-state index contributed by atoms with van der Waals surface area (Å²) in [5, 5.41) is 6.69. The van der Waals surface area contributed by atoms with Crippen LogP contribution < -0.4 is 10.1 Å². The average Bonchev–Trinajstić information content (AvgIpc) is 2.97. The summed E-state index contributed by atoms with van der Waals surface area (Å²) in [5.74, 6) is 0.916. The molecule has 0 atom stereocenters. The van der Waals surface area contributed by atoms with Gasteiger partial charge in [0.2, 0.25) is 0 Å². The fraction of sp³-hybridized carbons (Fsp3) is 0.438. The van der Waals surface area contributed by atoms with Crippen LogP contribution in [-0.2, 0) is 6.54 Å². The Bertz CT molecular complexity index is 578. The molecular formula is C16H21N3OS. The first kappa shape index (κ1) is 14.5. The third-order valence-corrected chi connectivity index (χ3v) is 4.42. The molecular weight excluding hydrogens is 282 g/mol. The van der Waals surface area contributed by atoms with Gasteiger partial charge in [-0.05, 0) is 19.1 Å². The lowest BCUT2D eigenvalue weighted by Crippen LogP contribution is -2.42. The standard InChI is InChI=1S/C16H21N3OS/c1-2-20-15-6-4-3-5-13(15)14-12-21-16(18-14)11-19-9-7-17-8-10-19/h3-6,12,17H,2,7-11H2,1H3. The highest BCUT2D eigenvalue weighted by atomic mass is 32.1. The predicted octanol–water partition coefficient (Wildman–Crippen LogP) is 2.61. The van der Waals surface area contributed by atoms with E-state index in [9.17, 15) is 0 Å². The fourth-order valence-electron chi connectivity index (χ4n) is 2.53. The van der Waals surface area contributed by atoms with Crippen molar-refractivity contribution in [2.45, 2.75) is 13.5 Å². The zero-order chi connectivity index (χ0) is 14.5. The van der Waals surface area contributed by atoms with E-state index in [0.717, 1.165) is 49.7 Å². The van der Waals surface area contributed by atoms with Crippen LogP contribution in [0.3, 0.4) is 0 Å². The lowest BCUT2D eigenvalue weighted by molar-refractivity contribution is 0.233. The molecule has 1 fully saturated rings. The van der Waals surface area contributed by atoms with Crippen molar-refractivity contribution in [2.24, 2.45) is 0 Å². The van der Waals surface area contributed by atoms with Crippen molar-refractivity contribution < 1.29 is 4.74 Å². The summed E-state index contributed by atoms with van der Waals surface area (Å²) in [6.07, 6.45) is 0. The molecule has 112 valence electrons. The lowest BCUT2D eigenvalue weighted by atomic mass is 10.1. The lowest BCUT2D eigenvalue weighted by Gasteiger charge is -2.26. The van der Waals surface area contributed by atoms with Gasteiger partial charge in [0.25, 0.3) is 0 Å². The van der Waals surface area contributed by atoms with Crippen molar-refractivity contribution in [3.05, 3.63) is 34.7 Å². The second-order valence-corrected chi connectivity index (χ2v) is 6.02. The van der Waals surface area contributed by atoms with Crippen molar-refractivity contribution in [3.8, 4) is 17.0 Å². The van der Waals surface area contributed by atoms with Crippen LogP contribution in [0.4, 0.5) is 0 Å². The highest BCUT2D eigenvalue weighted by molar-refractivity contribution is 7.09. The topological polar surface area (TPSA) is 37.4 Å². The number of para-hydroxylation sites is 1. The molecule has 0 radical (unpaired) electrons. The number of benzene rings is 1. The number of nitrogens with zero attached hydrogens (tertiary/aromatic N) is 2. The van der Waals surface area contributed by atoms with Gasteiger partial charge in [0.1, 0.15) is 10.8 Å². The molecule has 2 heterocycles. The minimum absolute atomic E-state index is 0.675. The van der Waals surface area contributed by atoms with Gasteiger partial charge in [0, 0.05) is 37.1 Å². The van der Waals surface area contributed by atoms with Crippen LogP contribution in [0.5, 0.6) is 5.75 Å². The zero-order valence-corrected chi connectivity index (χ0v) is 13.2. The van der Waals surface area contributed by atoms with Crippen molar-refractivity contribution >= 4 is 11.3 Å². The first-order valence-corrected chi connectivity index (χ1v) is 8.34. The zero-order valence-electron chi connectivity index (χ0n) is 12.3. The molecule has 0 aliphatic carbocycles. The molecule has 1 N–H and O–H groups in total. The number of nitrogens with one attached hydrogen (secondary N) is 1. The van der Waals surface area contributed by atoms with Gasteiger partial charge in [-0.25, -0.2) is 4.98 Å². The number of hydrogen-bond acceptors (Lipinski definition) is 5. The van der Waals surface area contributed by atoms with E-state index in [4.69, 9.17) is 9.72 Å². The smallest absolute Gasteiger partial charge is 0.128 e. The van der Waals surface area contributed by atoms with Crippen LogP contribution in [0.15, 0.2) is 29.6 Å². The fourth-order valence-corrected chi connectivity index (χ4v) is 3.36. The second-order valence-electron chi connectivity index (χ2n) is 5.08. The number of thiazole rings is 1. The van der Waals surface area contributed by atoms with Crippen LogP contribution in [0, 0.1) is 0 Å². The van der Waals surface area contributed by atoms with Gasteiger partial charge in [-0.15, -0.1) is 11.3 Å². The largest absolute Gasteiger partial charge is 0.493 e. The molecule has 1 aliphatic heterocycles. The molecule has 5 heteroatoms. The van der Waals surface area contributed by atoms with Gasteiger partial charge < -0.3 is 10.1 Å². The normalized spacial score (nSPS) is 16.0. The van der Waals surface area contributed by atoms with E-state index >= 15 is 0 Å². The molecule has 1 aliphatic rings.